The Kier molecular flexibility index (Phi) is 5.43. The van der Waals surface area contributed by atoms with Gasteiger partial charge in [0.25, 0.3) is 11.6 Å². The highest BCUT2D eigenvalue weighted by atomic mass is 32.1. The number of benzene rings is 1. The number of hydrogen-bond acceptors (Lipinski definition) is 5. The van der Waals surface area contributed by atoms with Crippen molar-refractivity contribution < 1.29 is 9.72 Å². The number of nitrogens with zero attached hydrogens (tertiary/aromatic N) is 3. The number of nitrogens with one attached hydrogen (secondary N) is 1. The van der Waals surface area contributed by atoms with Crippen LogP contribution in [0.25, 0.3) is 0 Å². The number of aryl methyl sites for hydroxylation is 1. The lowest BCUT2D eigenvalue weighted by Gasteiger charge is -2.08. The van der Waals surface area contributed by atoms with Gasteiger partial charge in [-0.3, -0.25) is 14.9 Å². The van der Waals surface area contributed by atoms with Crippen molar-refractivity contribution in [3.63, 3.8) is 0 Å². The number of amides is 1. The smallest absolute Gasteiger partial charge is 0.283 e. The second kappa shape index (κ2) is 7.92. The van der Waals surface area contributed by atoms with E-state index in [2.05, 4.69) is 22.4 Å². The van der Waals surface area contributed by atoms with Crippen molar-refractivity contribution in [3.8, 4) is 0 Å². The van der Waals surface area contributed by atoms with Crippen LogP contribution in [0.3, 0.4) is 0 Å². The fraction of sp³-hybridized carbons (Fsp3) is 0.222. The molecule has 0 atom stereocenters. The largest absolute Gasteiger partial charge is 0.351 e. The van der Waals surface area contributed by atoms with Gasteiger partial charge in [-0.1, -0.05) is 30.3 Å². The van der Waals surface area contributed by atoms with Crippen molar-refractivity contribution in [2.75, 3.05) is 6.54 Å². The molecule has 0 saturated heterocycles. The van der Waals surface area contributed by atoms with Crippen molar-refractivity contribution in [1.29, 1.82) is 0 Å². The predicted molar refractivity (Wildman–Crippen MR) is 99.5 cm³/mol. The van der Waals surface area contributed by atoms with Crippen LogP contribution in [0.5, 0.6) is 0 Å². The predicted octanol–water partition coefficient (Wildman–Crippen LogP) is 3.18. The molecule has 1 amide bonds. The summed E-state index contributed by atoms with van der Waals surface area (Å²) in [7, 11) is 0. The molecule has 0 fully saturated rings. The average Bonchev–Trinajstić information content (AvgIpc) is 3.22. The van der Waals surface area contributed by atoms with E-state index in [9.17, 15) is 14.9 Å². The van der Waals surface area contributed by atoms with E-state index in [0.717, 1.165) is 23.7 Å². The van der Waals surface area contributed by atoms with Gasteiger partial charge in [0.15, 0.2) is 0 Å². The molecular weight excluding hydrogens is 352 g/mol. The van der Waals surface area contributed by atoms with Crippen LogP contribution in [0.2, 0.25) is 0 Å². The number of thiophene rings is 1. The third-order valence-electron chi connectivity index (χ3n) is 3.94. The van der Waals surface area contributed by atoms with Gasteiger partial charge in [0.2, 0.25) is 0 Å². The van der Waals surface area contributed by atoms with E-state index in [1.165, 1.54) is 11.6 Å². The lowest BCUT2D eigenvalue weighted by atomic mass is 10.2. The summed E-state index contributed by atoms with van der Waals surface area (Å²) in [6.07, 6.45) is 4.24. The zero-order valence-corrected chi connectivity index (χ0v) is 15.0. The summed E-state index contributed by atoms with van der Waals surface area (Å²) in [5.74, 6) is 0.579. The molecule has 26 heavy (non-hydrogen) atoms. The summed E-state index contributed by atoms with van der Waals surface area (Å²) >= 11 is 1.13. The summed E-state index contributed by atoms with van der Waals surface area (Å²) < 4.78 is 2.04. The van der Waals surface area contributed by atoms with Gasteiger partial charge in [0.1, 0.15) is 5.82 Å². The molecule has 1 aromatic carbocycles. The van der Waals surface area contributed by atoms with Gasteiger partial charge in [-0.2, -0.15) is 0 Å². The molecular formula is C18H18N4O3S. The van der Waals surface area contributed by atoms with Gasteiger partial charge in [0.05, 0.1) is 14.7 Å². The Morgan fingerprint density at radius 3 is 2.81 bits per heavy atom. The number of carbonyl (C=O) groups excluding carboxylic acids is 1. The zero-order chi connectivity index (χ0) is 18.5. The van der Waals surface area contributed by atoms with Crippen LogP contribution < -0.4 is 5.32 Å². The van der Waals surface area contributed by atoms with Crippen LogP contribution in [0, 0.1) is 17.0 Å². The second-order valence-corrected chi connectivity index (χ2v) is 7.03. The number of nitro groups is 1. The lowest BCUT2D eigenvalue weighted by molar-refractivity contribution is -0.385. The average molecular weight is 370 g/mol. The van der Waals surface area contributed by atoms with E-state index in [1.54, 1.807) is 13.1 Å². The summed E-state index contributed by atoms with van der Waals surface area (Å²) in [5.41, 5.74) is 1.16. The van der Waals surface area contributed by atoms with Crippen molar-refractivity contribution in [3.05, 3.63) is 80.0 Å². The maximum Gasteiger partial charge on any atom is 0.283 e. The highest BCUT2D eigenvalue weighted by Crippen LogP contribution is 2.27. The van der Waals surface area contributed by atoms with Crippen molar-refractivity contribution in [1.82, 2.24) is 14.9 Å². The van der Waals surface area contributed by atoms with E-state index in [-0.39, 0.29) is 11.6 Å². The molecule has 0 aliphatic rings. The molecule has 0 aliphatic carbocycles. The minimum atomic E-state index is -0.469. The van der Waals surface area contributed by atoms with Gasteiger partial charge in [-0.15, -0.1) is 11.3 Å². The van der Waals surface area contributed by atoms with Crippen LogP contribution in [0.1, 0.15) is 25.9 Å². The van der Waals surface area contributed by atoms with Gasteiger partial charge in [0, 0.05) is 38.0 Å². The molecule has 2 aromatic heterocycles. The van der Waals surface area contributed by atoms with E-state index >= 15 is 0 Å². The number of imidazole rings is 1. The van der Waals surface area contributed by atoms with E-state index < -0.39 is 4.92 Å². The fourth-order valence-corrected chi connectivity index (χ4v) is 3.54. The third-order valence-corrected chi connectivity index (χ3v) is 4.98. The van der Waals surface area contributed by atoms with Crippen LogP contribution in [0.4, 0.5) is 5.69 Å². The topological polar surface area (TPSA) is 90.1 Å². The Balaban J connectivity index is 1.57. The van der Waals surface area contributed by atoms with E-state index in [0.29, 0.717) is 22.7 Å². The molecule has 0 unspecified atom stereocenters. The lowest BCUT2D eigenvalue weighted by Crippen LogP contribution is -2.25. The molecule has 3 rings (SSSR count). The second-order valence-electron chi connectivity index (χ2n) is 5.77. The molecule has 0 radical (unpaired) electrons. The molecule has 3 aromatic rings. The molecule has 1 N–H and O–H groups in total. The van der Waals surface area contributed by atoms with E-state index in [4.69, 9.17) is 0 Å². The minimum Gasteiger partial charge on any atom is -0.351 e. The molecule has 0 bridgehead atoms. The Morgan fingerprint density at radius 1 is 1.35 bits per heavy atom. The summed E-state index contributed by atoms with van der Waals surface area (Å²) in [6, 6.07) is 11.4. The summed E-state index contributed by atoms with van der Waals surface area (Å²) in [6.45, 7) is 2.77. The van der Waals surface area contributed by atoms with Crippen molar-refractivity contribution in [2.24, 2.45) is 0 Å². The number of hydrogen-bond donors (Lipinski definition) is 1. The van der Waals surface area contributed by atoms with Crippen LogP contribution in [-0.4, -0.2) is 26.9 Å². The molecule has 7 nitrogen and oxygen atoms in total. The molecule has 134 valence electrons. The first-order valence-corrected chi connectivity index (χ1v) is 8.93. The Bertz CT molecular complexity index is 918. The maximum absolute atomic E-state index is 12.2. The first kappa shape index (κ1) is 17.8. The molecule has 8 heteroatoms. The van der Waals surface area contributed by atoms with Gasteiger partial charge in [-0.05, 0) is 12.5 Å². The van der Waals surface area contributed by atoms with Crippen molar-refractivity contribution >= 4 is 22.9 Å². The van der Waals surface area contributed by atoms with Crippen LogP contribution in [-0.2, 0) is 13.0 Å². The fourth-order valence-electron chi connectivity index (χ4n) is 2.63. The van der Waals surface area contributed by atoms with Gasteiger partial charge >= 0.3 is 0 Å². The standard InChI is InChI=1S/C18H18N4O3S/c1-13-15(22(24)25)11-16(26-13)18(23)20-8-7-17-19-9-10-21(17)12-14-5-3-2-4-6-14/h2-6,9-11H,7-8,12H2,1H3,(H,20,23). The molecule has 2 heterocycles. The van der Waals surface area contributed by atoms with Gasteiger partial charge < -0.3 is 9.88 Å². The Hall–Kier alpha value is -3.00. The number of rotatable bonds is 7. The molecule has 0 aliphatic heterocycles. The van der Waals surface area contributed by atoms with Crippen LogP contribution >= 0.6 is 11.3 Å². The zero-order valence-electron chi connectivity index (χ0n) is 14.2. The van der Waals surface area contributed by atoms with Gasteiger partial charge in [-0.25, -0.2) is 4.98 Å². The monoisotopic (exact) mass is 370 g/mol. The van der Waals surface area contributed by atoms with Crippen LogP contribution in [0.15, 0.2) is 48.8 Å². The number of aromatic nitrogens is 2. The SMILES string of the molecule is Cc1sc(C(=O)NCCc2nccn2Cc2ccccc2)cc1[N+](=O)[O-]. The first-order valence-electron chi connectivity index (χ1n) is 8.11. The normalized spacial score (nSPS) is 10.7. The quantitative estimate of drug-likeness (QED) is 0.511. The summed E-state index contributed by atoms with van der Waals surface area (Å²) in [4.78, 5) is 27.8. The van der Waals surface area contributed by atoms with E-state index in [1.807, 2.05) is 29.0 Å². The number of carbonyl (C=O) groups is 1. The third kappa shape index (κ3) is 4.15. The highest BCUT2D eigenvalue weighted by molar-refractivity contribution is 7.14. The maximum atomic E-state index is 12.2. The Labute approximate surface area is 154 Å². The summed E-state index contributed by atoms with van der Waals surface area (Å²) in [5, 5.41) is 13.7. The first-order chi connectivity index (χ1) is 12.5. The molecule has 0 spiro atoms. The minimum absolute atomic E-state index is 0.0152. The molecule has 0 saturated carbocycles. The highest BCUT2D eigenvalue weighted by Gasteiger charge is 2.19. The van der Waals surface area contributed by atoms with Crippen molar-refractivity contribution in [2.45, 2.75) is 19.9 Å². The Morgan fingerprint density at radius 2 is 2.12 bits per heavy atom.